The number of carbonyl (C=O) groups excluding carboxylic acids is 1. The molecule has 0 spiro atoms. The van der Waals surface area contributed by atoms with Gasteiger partial charge in [-0.2, -0.15) is 4.31 Å². The number of amides is 1. The van der Waals surface area contributed by atoms with Crippen LogP contribution in [0.1, 0.15) is 39.0 Å². The fourth-order valence-corrected chi connectivity index (χ4v) is 6.53. The van der Waals surface area contributed by atoms with Crippen molar-refractivity contribution in [3.05, 3.63) is 24.3 Å². The third-order valence-corrected chi connectivity index (χ3v) is 8.75. The minimum Gasteiger partial charge on any atom is -0.342 e. The number of sulfonamides is 1. The van der Waals surface area contributed by atoms with Gasteiger partial charge in [0.25, 0.3) is 0 Å². The van der Waals surface area contributed by atoms with Crippen LogP contribution in [0.2, 0.25) is 0 Å². The van der Waals surface area contributed by atoms with Crippen molar-refractivity contribution >= 4 is 27.7 Å². The molecule has 2 saturated heterocycles. The molecule has 1 amide bonds. The molecular weight excluding hydrogens is 434 g/mol. The van der Waals surface area contributed by atoms with E-state index in [0.717, 1.165) is 44.3 Å². The van der Waals surface area contributed by atoms with Gasteiger partial charge in [0.1, 0.15) is 0 Å². The Hall–Kier alpha value is -1.91. The SMILES string of the molecule is CCn1c(SCC(=O)N2CCCCC2)nnc1-c1ccc(S(=O)(=O)N2CCCC2)cc1. The number of thioether (sulfide) groups is 1. The number of nitrogens with zero attached hydrogens (tertiary/aromatic N) is 5. The Bertz CT molecular complexity index is 1010. The van der Waals surface area contributed by atoms with Crippen LogP contribution in [0.15, 0.2) is 34.3 Å². The molecule has 1 aromatic heterocycles. The van der Waals surface area contributed by atoms with E-state index in [1.165, 1.54) is 18.2 Å². The van der Waals surface area contributed by atoms with Gasteiger partial charge in [0.15, 0.2) is 11.0 Å². The quantitative estimate of drug-likeness (QED) is 0.587. The van der Waals surface area contributed by atoms with Crippen LogP contribution in [0.25, 0.3) is 11.4 Å². The molecule has 0 aliphatic carbocycles. The number of piperidine rings is 1. The molecule has 0 saturated carbocycles. The smallest absolute Gasteiger partial charge is 0.243 e. The van der Waals surface area contributed by atoms with Gasteiger partial charge in [-0.05, 0) is 63.3 Å². The molecule has 10 heteroatoms. The lowest BCUT2D eigenvalue weighted by Crippen LogP contribution is -2.36. The van der Waals surface area contributed by atoms with E-state index in [1.807, 2.05) is 16.4 Å². The molecule has 0 unspecified atom stereocenters. The molecule has 31 heavy (non-hydrogen) atoms. The van der Waals surface area contributed by atoms with Crippen LogP contribution in [0.3, 0.4) is 0 Å². The molecule has 0 N–H and O–H groups in total. The lowest BCUT2D eigenvalue weighted by molar-refractivity contribution is -0.129. The Kier molecular flexibility index (Phi) is 6.98. The average Bonchev–Trinajstić information content (AvgIpc) is 3.48. The van der Waals surface area contributed by atoms with Crippen LogP contribution < -0.4 is 0 Å². The van der Waals surface area contributed by atoms with Crippen molar-refractivity contribution in [1.29, 1.82) is 0 Å². The highest BCUT2D eigenvalue weighted by atomic mass is 32.2. The summed E-state index contributed by atoms with van der Waals surface area (Å²) >= 11 is 1.41. The summed E-state index contributed by atoms with van der Waals surface area (Å²) in [6.07, 6.45) is 5.18. The maximum Gasteiger partial charge on any atom is 0.243 e. The van der Waals surface area contributed by atoms with Crippen LogP contribution in [0, 0.1) is 0 Å². The van der Waals surface area contributed by atoms with Crippen LogP contribution in [0.4, 0.5) is 0 Å². The van der Waals surface area contributed by atoms with E-state index in [0.29, 0.717) is 41.3 Å². The Morgan fingerprint density at radius 3 is 2.26 bits per heavy atom. The van der Waals surface area contributed by atoms with E-state index in [-0.39, 0.29) is 5.91 Å². The second kappa shape index (κ2) is 9.70. The largest absolute Gasteiger partial charge is 0.342 e. The highest BCUT2D eigenvalue weighted by molar-refractivity contribution is 7.99. The van der Waals surface area contributed by atoms with Crippen molar-refractivity contribution in [3.63, 3.8) is 0 Å². The minimum absolute atomic E-state index is 0.147. The van der Waals surface area contributed by atoms with Gasteiger partial charge in [-0.15, -0.1) is 10.2 Å². The normalized spacial score (nSPS) is 17.9. The molecule has 1 aromatic carbocycles. The second-order valence-electron chi connectivity index (χ2n) is 7.92. The van der Waals surface area contributed by atoms with Crippen LogP contribution in [-0.4, -0.2) is 70.2 Å². The Morgan fingerprint density at radius 1 is 0.968 bits per heavy atom. The summed E-state index contributed by atoms with van der Waals surface area (Å²) < 4.78 is 29.0. The molecule has 0 radical (unpaired) electrons. The Labute approximate surface area is 188 Å². The van der Waals surface area contributed by atoms with Gasteiger partial charge < -0.3 is 9.47 Å². The van der Waals surface area contributed by atoms with Gasteiger partial charge in [0.05, 0.1) is 10.6 Å². The highest BCUT2D eigenvalue weighted by Gasteiger charge is 2.27. The van der Waals surface area contributed by atoms with Gasteiger partial charge in [0.2, 0.25) is 15.9 Å². The summed E-state index contributed by atoms with van der Waals surface area (Å²) in [7, 11) is -3.43. The predicted molar refractivity (Wildman–Crippen MR) is 120 cm³/mol. The number of aromatic nitrogens is 3. The Balaban J connectivity index is 1.47. The predicted octanol–water partition coefficient (Wildman–Crippen LogP) is 2.85. The zero-order valence-corrected chi connectivity index (χ0v) is 19.5. The number of hydrogen-bond acceptors (Lipinski definition) is 6. The summed E-state index contributed by atoms with van der Waals surface area (Å²) in [4.78, 5) is 14.7. The molecule has 0 bridgehead atoms. The number of rotatable bonds is 7. The summed E-state index contributed by atoms with van der Waals surface area (Å²) in [5, 5.41) is 9.32. The summed E-state index contributed by atoms with van der Waals surface area (Å²) in [6, 6.07) is 6.85. The number of carbonyl (C=O) groups is 1. The fourth-order valence-electron chi connectivity index (χ4n) is 4.11. The van der Waals surface area contributed by atoms with Gasteiger partial charge >= 0.3 is 0 Å². The highest BCUT2D eigenvalue weighted by Crippen LogP contribution is 2.27. The van der Waals surface area contributed by atoms with E-state index in [4.69, 9.17) is 0 Å². The van der Waals surface area contributed by atoms with Crippen LogP contribution >= 0.6 is 11.8 Å². The summed E-state index contributed by atoms with van der Waals surface area (Å²) in [5.74, 6) is 1.18. The summed E-state index contributed by atoms with van der Waals surface area (Å²) in [5.41, 5.74) is 0.809. The van der Waals surface area contributed by atoms with E-state index in [1.54, 1.807) is 28.6 Å². The molecule has 2 fully saturated rings. The molecule has 2 aliphatic rings. The van der Waals surface area contributed by atoms with E-state index in [9.17, 15) is 13.2 Å². The first-order valence-corrected chi connectivity index (χ1v) is 13.4. The van der Waals surface area contributed by atoms with E-state index >= 15 is 0 Å². The van der Waals surface area contributed by atoms with Crippen molar-refractivity contribution in [2.75, 3.05) is 31.9 Å². The number of hydrogen-bond donors (Lipinski definition) is 0. The zero-order valence-electron chi connectivity index (χ0n) is 17.9. The second-order valence-corrected chi connectivity index (χ2v) is 10.8. The number of benzene rings is 1. The van der Waals surface area contributed by atoms with E-state index < -0.39 is 10.0 Å². The van der Waals surface area contributed by atoms with Crippen molar-refractivity contribution in [2.24, 2.45) is 0 Å². The molecule has 3 heterocycles. The third kappa shape index (κ3) is 4.80. The molecule has 168 valence electrons. The lowest BCUT2D eigenvalue weighted by atomic mass is 10.1. The van der Waals surface area contributed by atoms with Gasteiger partial charge in [-0.25, -0.2) is 8.42 Å². The number of likely N-dealkylation sites (tertiary alicyclic amines) is 1. The van der Waals surface area contributed by atoms with E-state index in [2.05, 4.69) is 10.2 Å². The Morgan fingerprint density at radius 2 is 1.61 bits per heavy atom. The fraction of sp³-hybridized carbons (Fsp3) is 0.571. The topological polar surface area (TPSA) is 88.4 Å². The molecule has 0 atom stereocenters. The molecular formula is C21H29N5O3S2. The standard InChI is InChI=1S/C21H29N5O3S2/c1-2-26-20(22-23-21(26)30-16-19(27)24-12-4-3-5-13-24)17-8-10-18(11-9-17)31(28,29)25-14-6-7-15-25/h8-11H,2-7,12-16H2,1H3. The van der Waals surface area contributed by atoms with Crippen LogP contribution in [0.5, 0.6) is 0 Å². The maximum absolute atomic E-state index is 12.7. The van der Waals surface area contributed by atoms with Crippen molar-refractivity contribution in [1.82, 2.24) is 24.0 Å². The third-order valence-electron chi connectivity index (χ3n) is 5.88. The van der Waals surface area contributed by atoms with Gasteiger partial charge in [-0.3, -0.25) is 4.79 Å². The minimum atomic E-state index is -3.43. The lowest BCUT2D eigenvalue weighted by Gasteiger charge is -2.26. The average molecular weight is 464 g/mol. The zero-order chi connectivity index (χ0) is 21.8. The first kappa shape index (κ1) is 22.3. The van der Waals surface area contributed by atoms with Gasteiger partial charge in [-0.1, -0.05) is 11.8 Å². The molecule has 2 aromatic rings. The monoisotopic (exact) mass is 463 g/mol. The first-order valence-electron chi connectivity index (χ1n) is 10.9. The van der Waals surface area contributed by atoms with Crippen LogP contribution in [-0.2, 0) is 21.4 Å². The first-order chi connectivity index (χ1) is 15.0. The van der Waals surface area contributed by atoms with Crippen molar-refractivity contribution in [3.8, 4) is 11.4 Å². The van der Waals surface area contributed by atoms with Crippen molar-refractivity contribution < 1.29 is 13.2 Å². The van der Waals surface area contributed by atoms with Gasteiger partial charge in [0, 0.05) is 38.3 Å². The summed E-state index contributed by atoms with van der Waals surface area (Å²) in [6.45, 7) is 5.54. The molecule has 2 aliphatic heterocycles. The molecule has 8 nitrogen and oxygen atoms in total. The molecule has 4 rings (SSSR count). The maximum atomic E-state index is 12.7. The van der Waals surface area contributed by atoms with Crippen molar-refractivity contribution in [2.45, 2.75) is 55.6 Å².